The lowest BCUT2D eigenvalue weighted by Gasteiger charge is -2.03. The molecule has 0 fully saturated rings. The van der Waals surface area contributed by atoms with E-state index in [0.29, 0.717) is 11.1 Å². The van der Waals surface area contributed by atoms with Crippen LogP contribution in [0, 0.1) is 10.1 Å². The molecule has 8 heteroatoms. The lowest BCUT2D eigenvalue weighted by molar-refractivity contribution is -0.384. The molecule has 0 aliphatic heterocycles. The molecule has 2 rings (SSSR count). The first-order valence-electron chi connectivity index (χ1n) is 6.15. The Morgan fingerprint density at radius 1 is 1.29 bits per heavy atom. The van der Waals surface area contributed by atoms with E-state index in [1.807, 2.05) is 0 Å². The van der Waals surface area contributed by atoms with Crippen molar-refractivity contribution >= 4 is 27.0 Å². The number of rotatable bonds is 3. The quantitative estimate of drug-likeness (QED) is 0.689. The molecule has 0 unspecified atom stereocenters. The molecular formula is C13H16N2O4S2. The molecule has 2 aromatic rings. The van der Waals surface area contributed by atoms with E-state index >= 15 is 0 Å². The van der Waals surface area contributed by atoms with Crippen LogP contribution < -0.4 is 5.14 Å². The monoisotopic (exact) mass is 328 g/mol. The molecule has 0 saturated carbocycles. The van der Waals surface area contributed by atoms with Crippen molar-refractivity contribution in [2.24, 2.45) is 5.14 Å². The van der Waals surface area contributed by atoms with Crippen LogP contribution >= 0.6 is 11.3 Å². The summed E-state index contributed by atoms with van der Waals surface area (Å²) >= 11 is 1.40. The summed E-state index contributed by atoms with van der Waals surface area (Å²) in [6.45, 7) is 4.25. The molecule has 0 spiro atoms. The lowest BCUT2D eigenvalue weighted by Crippen LogP contribution is -2.12. The number of nitro groups is 1. The Hall–Kier alpha value is -1.77. The number of nitro benzene ring substituents is 1. The first-order chi connectivity index (χ1) is 9.81. The highest BCUT2D eigenvalue weighted by Gasteiger charge is 2.20. The largest absolute Gasteiger partial charge is 0.278 e. The summed E-state index contributed by atoms with van der Waals surface area (Å²) in [6, 6.07) is 5.35. The van der Waals surface area contributed by atoms with Crippen LogP contribution in [0.5, 0.6) is 0 Å². The van der Waals surface area contributed by atoms with Gasteiger partial charge >= 0.3 is 0 Å². The van der Waals surface area contributed by atoms with Crippen molar-refractivity contribution in [1.29, 1.82) is 0 Å². The van der Waals surface area contributed by atoms with E-state index in [0.717, 1.165) is 6.07 Å². The third kappa shape index (κ3) is 4.62. The molecule has 1 aromatic carbocycles. The van der Waals surface area contributed by atoms with E-state index < -0.39 is 14.9 Å². The summed E-state index contributed by atoms with van der Waals surface area (Å²) < 4.78 is 22.3. The predicted molar refractivity (Wildman–Crippen MR) is 83.7 cm³/mol. The molecule has 0 aliphatic carbocycles. The Labute approximate surface area is 127 Å². The van der Waals surface area contributed by atoms with Crippen LogP contribution in [-0.4, -0.2) is 13.3 Å². The fourth-order valence-corrected chi connectivity index (χ4v) is 2.69. The molecule has 0 aliphatic rings. The highest BCUT2D eigenvalue weighted by atomic mass is 32.2. The van der Waals surface area contributed by atoms with E-state index in [-0.39, 0.29) is 10.6 Å². The van der Waals surface area contributed by atoms with Gasteiger partial charge in [0.1, 0.15) is 0 Å². The zero-order valence-corrected chi connectivity index (χ0v) is 13.3. The van der Waals surface area contributed by atoms with Crippen molar-refractivity contribution in [3.05, 3.63) is 45.1 Å². The molecule has 1 aromatic heterocycles. The van der Waals surface area contributed by atoms with Crippen LogP contribution in [0.25, 0.3) is 11.1 Å². The van der Waals surface area contributed by atoms with Crippen LogP contribution in [0.2, 0.25) is 0 Å². The van der Waals surface area contributed by atoms with Crippen LogP contribution in [0.1, 0.15) is 20.3 Å². The van der Waals surface area contributed by atoms with Gasteiger partial charge in [-0.15, -0.1) is 0 Å². The first kappa shape index (κ1) is 17.3. The highest BCUT2D eigenvalue weighted by molar-refractivity contribution is 7.89. The Balaban J connectivity index is 0.000000677. The second-order valence-electron chi connectivity index (χ2n) is 4.20. The average Bonchev–Trinajstić information content (AvgIpc) is 2.91. The molecule has 2 N–H and O–H groups in total. The van der Waals surface area contributed by atoms with Crippen LogP contribution in [0.4, 0.5) is 5.69 Å². The fraction of sp³-hybridized carbons (Fsp3) is 0.231. The molecule has 0 bridgehead atoms. The summed E-state index contributed by atoms with van der Waals surface area (Å²) in [5.41, 5.74) is 0.765. The summed E-state index contributed by atoms with van der Waals surface area (Å²) in [4.78, 5) is 10.1. The molecule has 1 heterocycles. The summed E-state index contributed by atoms with van der Waals surface area (Å²) in [5, 5.41) is 19.4. The van der Waals surface area contributed by atoms with Gasteiger partial charge < -0.3 is 0 Å². The van der Waals surface area contributed by atoms with E-state index in [9.17, 15) is 18.5 Å². The van der Waals surface area contributed by atoms with Crippen molar-refractivity contribution in [3.63, 3.8) is 0 Å². The Bertz CT molecular complexity index is 710. The number of thiophene rings is 1. The van der Waals surface area contributed by atoms with Gasteiger partial charge in [-0.25, -0.2) is 13.6 Å². The molecular weight excluding hydrogens is 312 g/mol. The standard InChI is InChI=1S/C10H8N2O4S2.C3H8/c11-18(15,16)8-1-2-9(7-3-4-17-6-7)10(5-8)12(13)14;1-3-2/h1-6H,(H2,11,15,16);3H2,1-2H3. The van der Waals surface area contributed by atoms with Gasteiger partial charge in [0, 0.05) is 6.07 Å². The van der Waals surface area contributed by atoms with Gasteiger partial charge in [-0.3, -0.25) is 10.1 Å². The molecule has 0 amide bonds. The highest BCUT2D eigenvalue weighted by Crippen LogP contribution is 2.32. The minimum Gasteiger partial charge on any atom is -0.258 e. The van der Waals surface area contributed by atoms with Crippen LogP contribution in [0.3, 0.4) is 0 Å². The van der Waals surface area contributed by atoms with E-state index in [4.69, 9.17) is 5.14 Å². The molecule has 21 heavy (non-hydrogen) atoms. The van der Waals surface area contributed by atoms with Gasteiger partial charge in [-0.05, 0) is 34.5 Å². The van der Waals surface area contributed by atoms with Gasteiger partial charge in [-0.2, -0.15) is 11.3 Å². The second-order valence-corrected chi connectivity index (χ2v) is 6.54. The van der Waals surface area contributed by atoms with Gasteiger partial charge in [0.25, 0.3) is 5.69 Å². The molecule has 0 atom stereocenters. The summed E-state index contributed by atoms with van der Waals surface area (Å²) in [5.74, 6) is 0. The van der Waals surface area contributed by atoms with Gasteiger partial charge in [-0.1, -0.05) is 20.3 Å². The number of benzene rings is 1. The van der Waals surface area contributed by atoms with Gasteiger partial charge in [0.15, 0.2) is 0 Å². The number of hydrogen-bond acceptors (Lipinski definition) is 5. The Morgan fingerprint density at radius 2 is 1.90 bits per heavy atom. The predicted octanol–water partition coefficient (Wildman–Crippen LogP) is 3.39. The van der Waals surface area contributed by atoms with Crippen LogP contribution in [0.15, 0.2) is 39.9 Å². The third-order valence-electron chi connectivity index (χ3n) is 2.33. The third-order valence-corrected chi connectivity index (χ3v) is 3.92. The Morgan fingerprint density at radius 3 is 2.33 bits per heavy atom. The SMILES string of the molecule is CCC.NS(=O)(=O)c1ccc(-c2ccsc2)c([N+](=O)[O-])c1. The van der Waals surface area contributed by atoms with E-state index in [2.05, 4.69) is 13.8 Å². The molecule has 0 saturated heterocycles. The maximum Gasteiger partial charge on any atom is 0.278 e. The van der Waals surface area contributed by atoms with Crippen molar-refractivity contribution in [3.8, 4) is 11.1 Å². The average molecular weight is 328 g/mol. The zero-order chi connectivity index (χ0) is 16.0. The number of primary sulfonamides is 1. The number of hydrogen-bond donors (Lipinski definition) is 1. The Kier molecular flexibility index (Phi) is 6.01. The molecule has 0 radical (unpaired) electrons. The fourth-order valence-electron chi connectivity index (χ4n) is 1.50. The minimum atomic E-state index is -3.95. The zero-order valence-electron chi connectivity index (χ0n) is 11.6. The summed E-state index contributed by atoms with van der Waals surface area (Å²) in [6.07, 6.45) is 1.25. The van der Waals surface area contributed by atoms with Crippen LogP contribution in [-0.2, 0) is 10.0 Å². The number of nitrogens with two attached hydrogens (primary N) is 1. The van der Waals surface area contributed by atoms with Crippen molar-refractivity contribution in [2.45, 2.75) is 25.2 Å². The first-order valence-corrected chi connectivity index (χ1v) is 8.64. The maximum absolute atomic E-state index is 11.2. The lowest BCUT2D eigenvalue weighted by atomic mass is 10.1. The molecule has 114 valence electrons. The van der Waals surface area contributed by atoms with Gasteiger partial charge in [0.05, 0.1) is 15.4 Å². The molecule has 6 nitrogen and oxygen atoms in total. The maximum atomic E-state index is 11.2. The van der Waals surface area contributed by atoms with Gasteiger partial charge in [0.2, 0.25) is 10.0 Å². The number of nitrogens with zero attached hydrogens (tertiary/aromatic N) is 1. The second kappa shape index (κ2) is 7.30. The van der Waals surface area contributed by atoms with Crippen molar-refractivity contribution < 1.29 is 13.3 Å². The van der Waals surface area contributed by atoms with E-state index in [1.165, 1.54) is 29.9 Å². The van der Waals surface area contributed by atoms with Crippen molar-refractivity contribution in [2.75, 3.05) is 0 Å². The van der Waals surface area contributed by atoms with E-state index in [1.54, 1.807) is 16.8 Å². The van der Waals surface area contributed by atoms with Crippen molar-refractivity contribution in [1.82, 2.24) is 0 Å². The smallest absolute Gasteiger partial charge is 0.258 e. The summed E-state index contributed by atoms with van der Waals surface area (Å²) in [7, 11) is -3.95. The topological polar surface area (TPSA) is 103 Å². The minimum absolute atomic E-state index is 0.270. The number of sulfonamides is 1. The normalized spacial score (nSPS) is 10.6.